The van der Waals surface area contributed by atoms with Gasteiger partial charge in [0.1, 0.15) is 12.1 Å². The second-order valence-electron chi connectivity index (χ2n) is 6.15. The van der Waals surface area contributed by atoms with E-state index in [4.69, 9.17) is 0 Å². The summed E-state index contributed by atoms with van der Waals surface area (Å²) in [6.07, 6.45) is -1.02. The minimum absolute atomic E-state index is 0.162. The summed E-state index contributed by atoms with van der Waals surface area (Å²) < 4.78 is 41.2. The normalized spacial score (nSPS) is 17.7. The predicted molar refractivity (Wildman–Crippen MR) is 87.6 cm³/mol. The lowest BCUT2D eigenvalue weighted by Gasteiger charge is -2.18. The molecule has 1 aliphatic rings. The first-order valence-electron chi connectivity index (χ1n) is 8.17. The summed E-state index contributed by atoms with van der Waals surface area (Å²) in [5, 5.41) is 9.92. The molecule has 1 atom stereocenters. The Morgan fingerprint density at radius 2 is 2.08 bits per heavy atom. The number of aromatic amines is 1. The molecule has 0 bridgehead atoms. The second kappa shape index (κ2) is 6.11. The van der Waals surface area contributed by atoms with Crippen molar-refractivity contribution < 1.29 is 13.2 Å². The number of rotatable bonds is 2. The van der Waals surface area contributed by atoms with Crippen LogP contribution in [0.3, 0.4) is 0 Å². The van der Waals surface area contributed by atoms with Crippen LogP contribution in [0.1, 0.15) is 36.7 Å². The molecule has 3 aromatic rings. The number of H-pyrrole nitrogens is 1. The molecule has 2 N–H and O–H groups in total. The third-order valence-electron chi connectivity index (χ3n) is 4.51. The molecule has 0 radical (unpaired) electrons. The predicted octanol–water partition coefficient (Wildman–Crippen LogP) is 2.87. The maximum absolute atomic E-state index is 13.2. The number of hydrogen-bond donors (Lipinski definition) is 2. The Labute approximate surface area is 145 Å². The minimum Gasteiger partial charge on any atom is -0.359 e. The lowest BCUT2D eigenvalue weighted by atomic mass is 10.1. The molecule has 0 spiro atoms. The molecular weight excluding hydrogens is 349 g/mol. The molecule has 2 aromatic heterocycles. The van der Waals surface area contributed by atoms with Crippen molar-refractivity contribution in [3.63, 3.8) is 0 Å². The first-order valence-corrected chi connectivity index (χ1v) is 8.17. The Balaban J connectivity index is 1.78. The quantitative estimate of drug-likeness (QED) is 0.730. The van der Waals surface area contributed by atoms with Crippen molar-refractivity contribution in [2.45, 2.75) is 38.0 Å². The van der Waals surface area contributed by atoms with Crippen molar-refractivity contribution in [2.24, 2.45) is 0 Å². The number of nitrogens with zero attached hydrogens (tertiary/aromatic N) is 4. The topological polar surface area (TPSA) is 88.5 Å². The van der Waals surface area contributed by atoms with E-state index in [1.807, 2.05) is 0 Å². The second-order valence-corrected chi connectivity index (χ2v) is 6.15. The van der Waals surface area contributed by atoms with Crippen LogP contribution in [-0.4, -0.2) is 24.7 Å². The highest BCUT2D eigenvalue weighted by Gasteiger charge is 2.33. The van der Waals surface area contributed by atoms with Crippen molar-refractivity contribution >= 4 is 16.7 Å². The molecule has 0 amide bonds. The molecule has 26 heavy (non-hydrogen) atoms. The first kappa shape index (κ1) is 16.6. The summed E-state index contributed by atoms with van der Waals surface area (Å²) in [7, 11) is 0. The molecule has 7 nitrogen and oxygen atoms in total. The van der Waals surface area contributed by atoms with Crippen LogP contribution in [0.15, 0.2) is 29.3 Å². The van der Waals surface area contributed by atoms with Gasteiger partial charge in [0.15, 0.2) is 5.82 Å². The summed E-state index contributed by atoms with van der Waals surface area (Å²) in [5.41, 5.74) is -1.26. The maximum Gasteiger partial charge on any atom is 0.418 e. The molecule has 4 rings (SSSR count). The highest BCUT2D eigenvalue weighted by atomic mass is 19.4. The zero-order chi connectivity index (χ0) is 18.3. The van der Waals surface area contributed by atoms with Gasteiger partial charge < -0.3 is 5.32 Å². The number of hydrogen-bond acceptors (Lipinski definition) is 5. The van der Waals surface area contributed by atoms with E-state index in [0.29, 0.717) is 18.8 Å². The highest BCUT2D eigenvalue weighted by Crippen LogP contribution is 2.36. The largest absolute Gasteiger partial charge is 0.418 e. The van der Waals surface area contributed by atoms with Gasteiger partial charge in [-0.1, -0.05) is 6.07 Å². The van der Waals surface area contributed by atoms with Gasteiger partial charge in [-0.05, 0) is 31.4 Å². The average molecular weight is 364 g/mol. The molecule has 1 unspecified atom stereocenters. The van der Waals surface area contributed by atoms with Gasteiger partial charge in [-0.3, -0.25) is 4.57 Å². The number of alkyl halides is 3. The van der Waals surface area contributed by atoms with E-state index < -0.39 is 11.7 Å². The van der Waals surface area contributed by atoms with E-state index in [-0.39, 0.29) is 28.5 Å². The number of fused-ring (bicyclic) bond motifs is 2. The molecule has 10 heteroatoms. The van der Waals surface area contributed by atoms with Crippen LogP contribution in [0.5, 0.6) is 0 Å². The molecule has 0 aliphatic carbocycles. The third-order valence-corrected chi connectivity index (χ3v) is 4.51. The van der Waals surface area contributed by atoms with Crippen molar-refractivity contribution in [1.82, 2.24) is 24.7 Å². The van der Waals surface area contributed by atoms with Gasteiger partial charge in [0, 0.05) is 11.9 Å². The molecule has 1 aliphatic heterocycles. The number of anilines is 1. The monoisotopic (exact) mass is 364 g/mol. The van der Waals surface area contributed by atoms with E-state index in [0.717, 1.165) is 25.2 Å². The fourth-order valence-electron chi connectivity index (χ4n) is 3.29. The Kier molecular flexibility index (Phi) is 3.89. The maximum atomic E-state index is 13.2. The number of nitrogens with one attached hydrogen (secondary N) is 2. The SMILES string of the molecule is O=c1[nH]nc2n1CCCCC2Nc1ncnc2c(C(F)(F)F)cccc12. The summed E-state index contributed by atoms with van der Waals surface area (Å²) in [4.78, 5) is 19.8. The number of para-hydroxylation sites is 1. The molecule has 0 saturated heterocycles. The van der Waals surface area contributed by atoms with Gasteiger partial charge in [-0.15, -0.1) is 0 Å². The molecule has 0 saturated carbocycles. The van der Waals surface area contributed by atoms with Crippen LogP contribution < -0.4 is 11.0 Å². The van der Waals surface area contributed by atoms with E-state index in [2.05, 4.69) is 25.5 Å². The highest BCUT2D eigenvalue weighted by molar-refractivity contribution is 5.91. The van der Waals surface area contributed by atoms with Crippen LogP contribution in [0, 0.1) is 0 Å². The van der Waals surface area contributed by atoms with E-state index in [1.165, 1.54) is 6.07 Å². The van der Waals surface area contributed by atoms with Crippen molar-refractivity contribution in [2.75, 3.05) is 5.32 Å². The fourth-order valence-corrected chi connectivity index (χ4v) is 3.29. The van der Waals surface area contributed by atoms with E-state index in [9.17, 15) is 18.0 Å². The Morgan fingerprint density at radius 3 is 2.88 bits per heavy atom. The molecule has 0 fully saturated rings. The van der Waals surface area contributed by atoms with Crippen LogP contribution in [0.25, 0.3) is 10.9 Å². The lowest BCUT2D eigenvalue weighted by Crippen LogP contribution is -2.21. The molecular formula is C16H15F3N6O. The van der Waals surface area contributed by atoms with E-state index in [1.54, 1.807) is 10.6 Å². The van der Waals surface area contributed by atoms with Crippen LogP contribution >= 0.6 is 0 Å². The van der Waals surface area contributed by atoms with Gasteiger partial charge in [0.05, 0.1) is 17.1 Å². The fraction of sp³-hybridized carbons (Fsp3) is 0.375. The zero-order valence-corrected chi connectivity index (χ0v) is 13.5. The number of benzene rings is 1. The smallest absolute Gasteiger partial charge is 0.359 e. The van der Waals surface area contributed by atoms with Gasteiger partial charge in [0.2, 0.25) is 0 Å². The number of aromatic nitrogens is 5. The van der Waals surface area contributed by atoms with Gasteiger partial charge >= 0.3 is 11.9 Å². The van der Waals surface area contributed by atoms with Gasteiger partial charge in [0.25, 0.3) is 0 Å². The summed E-state index contributed by atoms with van der Waals surface area (Å²) in [5.74, 6) is 0.821. The summed E-state index contributed by atoms with van der Waals surface area (Å²) >= 11 is 0. The van der Waals surface area contributed by atoms with Gasteiger partial charge in [-0.25, -0.2) is 19.9 Å². The Hall–Kier alpha value is -2.91. The van der Waals surface area contributed by atoms with E-state index >= 15 is 0 Å². The average Bonchev–Trinajstić information content (AvgIpc) is 2.85. The van der Waals surface area contributed by atoms with Crippen LogP contribution in [-0.2, 0) is 12.7 Å². The van der Waals surface area contributed by atoms with Crippen LogP contribution in [0.4, 0.5) is 19.0 Å². The zero-order valence-electron chi connectivity index (χ0n) is 13.5. The van der Waals surface area contributed by atoms with Crippen molar-refractivity contribution in [1.29, 1.82) is 0 Å². The number of halogens is 3. The standard InChI is InChI=1S/C16H15F3N6O/c17-16(18,19)10-5-3-4-9-12(10)20-8-21-13(9)22-11-6-1-2-7-25-14(11)23-24-15(25)26/h3-5,8,11H,1-2,6-7H2,(H,24,26)(H,20,21,22). The van der Waals surface area contributed by atoms with Crippen molar-refractivity contribution in [3.05, 3.63) is 46.4 Å². The molecule has 1 aromatic carbocycles. The van der Waals surface area contributed by atoms with Gasteiger partial charge in [-0.2, -0.15) is 18.3 Å². The minimum atomic E-state index is -4.50. The Morgan fingerprint density at radius 1 is 1.23 bits per heavy atom. The Bertz CT molecular complexity index is 1010. The third kappa shape index (κ3) is 2.80. The summed E-state index contributed by atoms with van der Waals surface area (Å²) in [6.45, 7) is 0.561. The first-order chi connectivity index (χ1) is 12.4. The lowest BCUT2D eigenvalue weighted by molar-refractivity contribution is -0.136. The summed E-state index contributed by atoms with van der Waals surface area (Å²) in [6, 6.07) is 3.54. The van der Waals surface area contributed by atoms with Crippen LogP contribution in [0.2, 0.25) is 0 Å². The van der Waals surface area contributed by atoms with Crippen molar-refractivity contribution in [3.8, 4) is 0 Å². The molecule has 3 heterocycles. The molecule has 136 valence electrons.